The fourth-order valence-electron chi connectivity index (χ4n) is 3.49. The van der Waals surface area contributed by atoms with Gasteiger partial charge in [-0.1, -0.05) is 17.7 Å². The Hall–Kier alpha value is -3.29. The molecule has 0 amide bonds. The van der Waals surface area contributed by atoms with E-state index in [2.05, 4.69) is 9.55 Å². The van der Waals surface area contributed by atoms with Gasteiger partial charge in [0.2, 0.25) is 0 Å². The van der Waals surface area contributed by atoms with Gasteiger partial charge in [0, 0.05) is 30.7 Å². The highest BCUT2D eigenvalue weighted by Gasteiger charge is 2.18. The lowest BCUT2D eigenvalue weighted by Gasteiger charge is -2.13. The summed E-state index contributed by atoms with van der Waals surface area (Å²) in [5, 5.41) is 19.5. The van der Waals surface area contributed by atoms with Gasteiger partial charge in [-0.3, -0.25) is 0 Å². The fourth-order valence-corrected chi connectivity index (χ4v) is 4.71. The van der Waals surface area contributed by atoms with Gasteiger partial charge < -0.3 is 19.2 Å². The number of hydrogen-bond acceptors (Lipinski definition) is 4. The number of halogens is 1. The number of aromatic hydroxyl groups is 1. The molecule has 0 atom stereocenters. The number of imidazole rings is 1. The minimum Gasteiger partial charge on any atom is -0.508 e. The number of carboxylic acid groups (broad SMARTS) is 1. The largest absolute Gasteiger partial charge is 0.508 e. The normalized spacial score (nSPS) is 11.5. The fraction of sp³-hybridized carbons (Fsp3) is 0.0476. The van der Waals surface area contributed by atoms with Crippen molar-refractivity contribution in [3.05, 3.63) is 76.5 Å². The molecule has 0 unspecified atom stereocenters. The number of phenolic OH excluding ortho intramolecular Hbond substituents is 1. The number of thiophene rings is 1. The van der Waals surface area contributed by atoms with Gasteiger partial charge in [-0.2, -0.15) is 0 Å². The standard InChI is InChI=1S/C21H14ClN3O3S/c22-15-7-13(26)2-3-14(15)16-8-18-17(9-19(29-18)21(27)28)25(16)11-12-1-4-20-23-5-6-24(20)10-12/h1-10,26H,11H2,(H,27,28). The van der Waals surface area contributed by atoms with E-state index in [0.717, 1.165) is 32.7 Å². The zero-order valence-corrected chi connectivity index (χ0v) is 16.5. The first kappa shape index (κ1) is 17.8. The molecule has 5 rings (SSSR count). The van der Waals surface area contributed by atoms with Crippen LogP contribution in [0.3, 0.4) is 0 Å². The summed E-state index contributed by atoms with van der Waals surface area (Å²) in [5.74, 6) is -0.848. The van der Waals surface area contributed by atoms with Crippen LogP contribution in [-0.2, 0) is 6.54 Å². The molecule has 0 bridgehead atoms. The SMILES string of the molecule is O=C(O)c1cc2c(cc(-c3ccc(O)cc3Cl)n2Cc2ccc3nccn3c2)s1. The number of carbonyl (C=O) groups is 1. The third-order valence-electron chi connectivity index (χ3n) is 4.82. The van der Waals surface area contributed by atoms with Crippen LogP contribution < -0.4 is 0 Å². The van der Waals surface area contributed by atoms with Gasteiger partial charge in [0.1, 0.15) is 16.3 Å². The van der Waals surface area contributed by atoms with Crippen molar-refractivity contribution in [2.24, 2.45) is 0 Å². The van der Waals surface area contributed by atoms with Gasteiger partial charge >= 0.3 is 5.97 Å². The highest BCUT2D eigenvalue weighted by molar-refractivity contribution is 7.20. The van der Waals surface area contributed by atoms with E-state index in [4.69, 9.17) is 11.6 Å². The van der Waals surface area contributed by atoms with Crippen molar-refractivity contribution in [3.63, 3.8) is 0 Å². The number of nitrogens with zero attached hydrogens (tertiary/aromatic N) is 3. The molecule has 29 heavy (non-hydrogen) atoms. The lowest BCUT2D eigenvalue weighted by molar-refractivity contribution is 0.0702. The van der Waals surface area contributed by atoms with Crippen LogP contribution in [0.25, 0.3) is 27.1 Å². The highest BCUT2D eigenvalue weighted by atomic mass is 35.5. The maximum Gasteiger partial charge on any atom is 0.345 e. The molecule has 0 fully saturated rings. The molecule has 5 aromatic rings. The second-order valence-electron chi connectivity index (χ2n) is 6.68. The van der Waals surface area contributed by atoms with Crippen molar-refractivity contribution >= 4 is 44.8 Å². The number of phenols is 1. The van der Waals surface area contributed by atoms with E-state index in [1.165, 1.54) is 17.4 Å². The zero-order chi connectivity index (χ0) is 20.1. The van der Waals surface area contributed by atoms with Crippen molar-refractivity contribution in [2.75, 3.05) is 0 Å². The molecule has 0 aliphatic rings. The first-order valence-corrected chi connectivity index (χ1v) is 9.96. The van der Waals surface area contributed by atoms with E-state index in [1.54, 1.807) is 24.4 Å². The van der Waals surface area contributed by atoms with Crippen molar-refractivity contribution in [1.82, 2.24) is 14.0 Å². The van der Waals surface area contributed by atoms with E-state index >= 15 is 0 Å². The van der Waals surface area contributed by atoms with E-state index in [-0.39, 0.29) is 10.6 Å². The molecule has 1 aromatic carbocycles. The highest BCUT2D eigenvalue weighted by Crippen LogP contribution is 2.38. The molecule has 6 nitrogen and oxygen atoms in total. The third kappa shape index (κ3) is 3.04. The van der Waals surface area contributed by atoms with E-state index in [1.807, 2.05) is 35.0 Å². The summed E-state index contributed by atoms with van der Waals surface area (Å²) >= 11 is 7.63. The Morgan fingerprint density at radius 1 is 1.17 bits per heavy atom. The average Bonchev–Trinajstić information content (AvgIpc) is 3.37. The molecule has 0 saturated carbocycles. The molecule has 144 valence electrons. The second-order valence-corrected chi connectivity index (χ2v) is 8.17. The molecular weight excluding hydrogens is 410 g/mol. The van der Waals surface area contributed by atoms with Crippen molar-refractivity contribution in [1.29, 1.82) is 0 Å². The quantitative estimate of drug-likeness (QED) is 0.420. The smallest absolute Gasteiger partial charge is 0.345 e. The van der Waals surface area contributed by atoms with Crippen LogP contribution in [0.2, 0.25) is 5.02 Å². The molecule has 2 N–H and O–H groups in total. The number of carboxylic acids is 1. The van der Waals surface area contributed by atoms with Crippen LogP contribution in [0.1, 0.15) is 15.2 Å². The zero-order valence-electron chi connectivity index (χ0n) is 14.9. The van der Waals surface area contributed by atoms with Crippen molar-refractivity contribution in [3.8, 4) is 17.0 Å². The number of aromatic nitrogens is 3. The van der Waals surface area contributed by atoms with E-state index < -0.39 is 5.97 Å². The summed E-state index contributed by atoms with van der Waals surface area (Å²) in [4.78, 5) is 16.0. The molecule has 0 saturated heterocycles. The van der Waals surface area contributed by atoms with Gasteiger partial charge in [-0.05, 0) is 42.0 Å². The first-order valence-electron chi connectivity index (χ1n) is 8.76. The Bertz CT molecular complexity index is 1400. The minimum atomic E-state index is -0.943. The summed E-state index contributed by atoms with van der Waals surface area (Å²) in [5.41, 5.74) is 4.36. The maximum atomic E-state index is 11.4. The van der Waals surface area contributed by atoms with Gasteiger partial charge in [-0.15, -0.1) is 11.3 Å². The molecule has 8 heteroatoms. The Balaban J connectivity index is 1.69. The predicted octanol–water partition coefficient (Wildman–Crippen LogP) is 5.12. The minimum absolute atomic E-state index is 0.0948. The Morgan fingerprint density at radius 3 is 2.83 bits per heavy atom. The lowest BCUT2D eigenvalue weighted by Crippen LogP contribution is -2.03. The van der Waals surface area contributed by atoms with Crippen LogP contribution in [0.15, 0.2) is 61.1 Å². The second kappa shape index (κ2) is 6.65. The molecular formula is C21H14ClN3O3S. The maximum absolute atomic E-state index is 11.4. The van der Waals surface area contributed by atoms with Gasteiger partial charge in [0.05, 0.1) is 20.9 Å². The topological polar surface area (TPSA) is 79.8 Å². The van der Waals surface area contributed by atoms with Gasteiger partial charge in [-0.25, -0.2) is 9.78 Å². The van der Waals surface area contributed by atoms with Crippen LogP contribution in [0, 0.1) is 0 Å². The number of hydrogen-bond donors (Lipinski definition) is 2. The van der Waals surface area contributed by atoms with Gasteiger partial charge in [0.15, 0.2) is 0 Å². The Kier molecular flexibility index (Phi) is 4.08. The summed E-state index contributed by atoms with van der Waals surface area (Å²) in [6.07, 6.45) is 5.63. The Morgan fingerprint density at radius 2 is 2.03 bits per heavy atom. The lowest BCUT2D eigenvalue weighted by atomic mass is 10.1. The number of benzene rings is 1. The van der Waals surface area contributed by atoms with E-state index in [9.17, 15) is 15.0 Å². The molecule has 4 aromatic heterocycles. The van der Waals surface area contributed by atoms with Crippen LogP contribution in [0.5, 0.6) is 5.75 Å². The monoisotopic (exact) mass is 423 g/mol. The number of fused-ring (bicyclic) bond motifs is 2. The van der Waals surface area contributed by atoms with Crippen molar-refractivity contribution in [2.45, 2.75) is 6.54 Å². The average molecular weight is 424 g/mol. The summed E-state index contributed by atoms with van der Waals surface area (Å²) in [6, 6.07) is 12.4. The molecule has 0 spiro atoms. The van der Waals surface area contributed by atoms with Crippen molar-refractivity contribution < 1.29 is 15.0 Å². The van der Waals surface area contributed by atoms with E-state index in [0.29, 0.717) is 11.6 Å². The van der Waals surface area contributed by atoms with Gasteiger partial charge in [0.25, 0.3) is 0 Å². The molecule has 0 aliphatic heterocycles. The number of pyridine rings is 1. The van der Waals surface area contributed by atoms with Crippen LogP contribution in [0.4, 0.5) is 0 Å². The summed E-state index contributed by atoms with van der Waals surface area (Å²) < 4.78 is 4.86. The number of rotatable bonds is 4. The third-order valence-corrected chi connectivity index (χ3v) is 6.19. The summed E-state index contributed by atoms with van der Waals surface area (Å²) in [7, 11) is 0. The van der Waals surface area contributed by atoms with Crippen LogP contribution >= 0.6 is 22.9 Å². The first-order chi connectivity index (χ1) is 14.0. The Labute approximate surface area is 173 Å². The van der Waals surface area contributed by atoms with Crippen LogP contribution in [-0.4, -0.2) is 30.1 Å². The molecule has 0 aliphatic carbocycles. The molecule has 4 heterocycles. The molecule has 0 radical (unpaired) electrons. The summed E-state index contributed by atoms with van der Waals surface area (Å²) in [6.45, 7) is 0.528. The predicted molar refractivity (Wildman–Crippen MR) is 113 cm³/mol. The number of aromatic carboxylic acids is 1.